The number of hydrogen-bond donors (Lipinski definition) is 1. The van der Waals surface area contributed by atoms with Crippen molar-refractivity contribution in [1.82, 2.24) is 5.32 Å². The van der Waals surface area contributed by atoms with Gasteiger partial charge in [-0.25, -0.2) is 0 Å². The van der Waals surface area contributed by atoms with E-state index in [1.807, 2.05) is 0 Å². The van der Waals surface area contributed by atoms with Crippen LogP contribution in [0.5, 0.6) is 0 Å². The summed E-state index contributed by atoms with van der Waals surface area (Å²) < 4.78 is 0. The zero-order valence-corrected chi connectivity index (χ0v) is 13.4. The fraction of sp³-hybridized carbons (Fsp3) is 0.684. The maximum Gasteiger partial charge on any atom is 0.0138 e. The van der Waals surface area contributed by atoms with Crippen LogP contribution in [0.3, 0.4) is 0 Å². The Labute approximate surface area is 125 Å². The summed E-state index contributed by atoms with van der Waals surface area (Å²) in [6, 6.07) is 12.4. The van der Waals surface area contributed by atoms with Crippen LogP contribution in [0, 0.1) is 5.92 Å². The Hall–Kier alpha value is -0.820. The molecule has 1 aromatic carbocycles. The number of nitrogens with one attached hydrogen (secondary N) is 1. The molecule has 1 saturated carbocycles. The van der Waals surface area contributed by atoms with Crippen LogP contribution < -0.4 is 5.32 Å². The van der Waals surface area contributed by atoms with Crippen molar-refractivity contribution in [3.8, 4) is 0 Å². The van der Waals surface area contributed by atoms with Crippen molar-refractivity contribution < 1.29 is 0 Å². The van der Waals surface area contributed by atoms with E-state index in [9.17, 15) is 0 Å². The molecule has 0 amide bonds. The molecule has 3 unspecified atom stereocenters. The van der Waals surface area contributed by atoms with Gasteiger partial charge >= 0.3 is 0 Å². The second kappa shape index (κ2) is 7.83. The second-order valence-corrected chi connectivity index (χ2v) is 6.95. The summed E-state index contributed by atoms with van der Waals surface area (Å²) >= 11 is 0. The molecular weight excluding hydrogens is 242 g/mol. The van der Waals surface area contributed by atoms with Gasteiger partial charge in [0, 0.05) is 12.1 Å². The predicted molar refractivity (Wildman–Crippen MR) is 88.1 cm³/mol. The molecule has 1 aliphatic carbocycles. The maximum absolute atomic E-state index is 3.92. The Balaban J connectivity index is 1.93. The highest BCUT2D eigenvalue weighted by Gasteiger charge is 2.27. The monoisotopic (exact) mass is 273 g/mol. The molecule has 0 bridgehead atoms. The molecule has 1 aliphatic rings. The Morgan fingerprint density at radius 1 is 1.00 bits per heavy atom. The third kappa shape index (κ3) is 4.63. The van der Waals surface area contributed by atoms with Gasteiger partial charge in [0.2, 0.25) is 0 Å². The smallest absolute Gasteiger partial charge is 0.0138 e. The molecule has 3 atom stereocenters. The van der Waals surface area contributed by atoms with Crippen LogP contribution in [0.4, 0.5) is 0 Å². The van der Waals surface area contributed by atoms with E-state index in [1.165, 1.54) is 44.1 Å². The fourth-order valence-electron chi connectivity index (χ4n) is 3.46. The van der Waals surface area contributed by atoms with Crippen molar-refractivity contribution in [2.24, 2.45) is 5.92 Å². The molecule has 0 aliphatic heterocycles. The molecule has 0 heterocycles. The third-order valence-corrected chi connectivity index (χ3v) is 4.67. The average Bonchev–Trinajstić information content (AvgIpc) is 2.47. The molecule has 1 nitrogen and oxygen atoms in total. The van der Waals surface area contributed by atoms with E-state index in [0.29, 0.717) is 18.0 Å². The van der Waals surface area contributed by atoms with Gasteiger partial charge in [-0.05, 0) is 50.0 Å². The van der Waals surface area contributed by atoms with Gasteiger partial charge in [-0.2, -0.15) is 0 Å². The minimum atomic E-state index is 0.645. The van der Waals surface area contributed by atoms with E-state index in [1.54, 1.807) is 0 Å². The van der Waals surface area contributed by atoms with Gasteiger partial charge in [-0.15, -0.1) is 0 Å². The molecule has 0 aromatic heterocycles. The zero-order chi connectivity index (χ0) is 14.4. The largest absolute Gasteiger partial charge is 0.311 e. The number of benzene rings is 1. The summed E-state index contributed by atoms with van der Waals surface area (Å²) in [5.41, 5.74) is 1.53. The van der Waals surface area contributed by atoms with Gasteiger partial charge in [0.25, 0.3) is 0 Å². The first-order valence-electron chi connectivity index (χ1n) is 8.48. The molecule has 1 heteroatoms. The molecule has 0 saturated heterocycles. The zero-order valence-electron chi connectivity index (χ0n) is 13.4. The Bertz CT molecular complexity index is 371. The topological polar surface area (TPSA) is 12.0 Å². The molecule has 2 rings (SSSR count). The van der Waals surface area contributed by atoms with Crippen molar-refractivity contribution >= 4 is 0 Å². The lowest BCUT2D eigenvalue weighted by Gasteiger charge is -2.35. The standard InChI is InChI=1S/C19H31N/c1-15(2)13-14-16(3)20-19-12-8-7-11-18(19)17-9-5-4-6-10-17/h4-6,9-10,15-16,18-20H,7-8,11-14H2,1-3H3. The minimum Gasteiger partial charge on any atom is -0.311 e. The van der Waals surface area contributed by atoms with E-state index < -0.39 is 0 Å². The maximum atomic E-state index is 3.92. The van der Waals surface area contributed by atoms with Crippen molar-refractivity contribution in [3.63, 3.8) is 0 Å². The van der Waals surface area contributed by atoms with Crippen LogP contribution in [-0.4, -0.2) is 12.1 Å². The van der Waals surface area contributed by atoms with Gasteiger partial charge in [0.1, 0.15) is 0 Å². The van der Waals surface area contributed by atoms with Gasteiger partial charge in [0.05, 0.1) is 0 Å². The highest BCUT2D eigenvalue weighted by Crippen LogP contribution is 2.33. The van der Waals surface area contributed by atoms with E-state index in [2.05, 4.69) is 56.4 Å². The highest BCUT2D eigenvalue weighted by molar-refractivity contribution is 5.22. The van der Waals surface area contributed by atoms with Gasteiger partial charge in [-0.3, -0.25) is 0 Å². The Morgan fingerprint density at radius 3 is 2.40 bits per heavy atom. The van der Waals surface area contributed by atoms with E-state index in [-0.39, 0.29) is 0 Å². The number of rotatable bonds is 6. The van der Waals surface area contributed by atoms with Crippen molar-refractivity contribution in [1.29, 1.82) is 0 Å². The minimum absolute atomic E-state index is 0.645. The van der Waals surface area contributed by atoms with Gasteiger partial charge in [-0.1, -0.05) is 57.0 Å². The molecule has 20 heavy (non-hydrogen) atoms. The first-order chi connectivity index (χ1) is 9.66. The molecule has 1 fully saturated rings. The molecular formula is C19H31N. The quantitative estimate of drug-likeness (QED) is 0.758. The average molecular weight is 273 g/mol. The van der Waals surface area contributed by atoms with Crippen LogP contribution in [0.1, 0.15) is 70.8 Å². The summed E-state index contributed by atoms with van der Waals surface area (Å²) in [6.45, 7) is 7.00. The first kappa shape index (κ1) is 15.6. The van der Waals surface area contributed by atoms with Crippen LogP contribution in [0.2, 0.25) is 0 Å². The SMILES string of the molecule is CC(C)CCC(C)NC1CCCCC1c1ccccc1. The summed E-state index contributed by atoms with van der Waals surface area (Å²) in [5, 5.41) is 3.92. The highest BCUT2D eigenvalue weighted by atomic mass is 15.0. The molecule has 0 spiro atoms. The number of hydrogen-bond acceptors (Lipinski definition) is 1. The van der Waals surface area contributed by atoms with Crippen LogP contribution in [-0.2, 0) is 0 Å². The van der Waals surface area contributed by atoms with E-state index in [0.717, 1.165) is 5.92 Å². The first-order valence-corrected chi connectivity index (χ1v) is 8.48. The Morgan fingerprint density at radius 2 is 1.70 bits per heavy atom. The van der Waals surface area contributed by atoms with Crippen LogP contribution in [0.15, 0.2) is 30.3 Å². The lowest BCUT2D eigenvalue weighted by molar-refractivity contribution is 0.293. The van der Waals surface area contributed by atoms with Crippen molar-refractivity contribution in [2.45, 2.75) is 77.3 Å². The normalized spacial score (nSPS) is 24.8. The lowest BCUT2D eigenvalue weighted by atomic mass is 9.79. The van der Waals surface area contributed by atoms with Gasteiger partial charge in [0.15, 0.2) is 0 Å². The summed E-state index contributed by atoms with van der Waals surface area (Å²) in [5.74, 6) is 1.53. The second-order valence-electron chi connectivity index (χ2n) is 6.95. The molecule has 1 aromatic rings. The molecule has 112 valence electrons. The molecule has 0 radical (unpaired) electrons. The van der Waals surface area contributed by atoms with Crippen LogP contribution in [0.25, 0.3) is 0 Å². The van der Waals surface area contributed by atoms with Crippen LogP contribution >= 0.6 is 0 Å². The fourth-order valence-corrected chi connectivity index (χ4v) is 3.46. The Kier molecular flexibility index (Phi) is 6.09. The summed E-state index contributed by atoms with van der Waals surface area (Å²) in [4.78, 5) is 0. The van der Waals surface area contributed by atoms with Crippen molar-refractivity contribution in [2.75, 3.05) is 0 Å². The van der Waals surface area contributed by atoms with E-state index >= 15 is 0 Å². The summed E-state index contributed by atoms with van der Waals surface area (Å²) in [7, 11) is 0. The van der Waals surface area contributed by atoms with Crippen molar-refractivity contribution in [3.05, 3.63) is 35.9 Å². The molecule has 1 N–H and O–H groups in total. The van der Waals surface area contributed by atoms with Gasteiger partial charge < -0.3 is 5.32 Å². The third-order valence-electron chi connectivity index (χ3n) is 4.67. The summed E-state index contributed by atoms with van der Waals surface area (Å²) in [6.07, 6.45) is 8.09. The lowest BCUT2D eigenvalue weighted by Crippen LogP contribution is -2.42. The van der Waals surface area contributed by atoms with E-state index in [4.69, 9.17) is 0 Å². The predicted octanol–water partition coefficient (Wildman–Crippen LogP) is 5.13.